The van der Waals surface area contributed by atoms with Crippen LogP contribution >= 0.6 is 11.3 Å². The monoisotopic (exact) mass is 538 g/mol. The molecule has 38 heavy (non-hydrogen) atoms. The largest absolute Gasteiger partial charge is 0.493 e. The SMILES string of the molecule is COC(=O)C1=C(C)N=c2sc(=Cc3cccc(OC)c3OC(C)=O)c(=O)n2C1c1ccc(OC)c(OC)c1. The average Bonchev–Trinajstić information content (AvgIpc) is 3.21. The summed E-state index contributed by atoms with van der Waals surface area (Å²) in [5.74, 6) is 0.334. The normalized spacial score (nSPS) is 14.9. The molecule has 4 rings (SSSR count). The van der Waals surface area contributed by atoms with Crippen molar-refractivity contribution in [3.05, 3.63) is 78.5 Å². The van der Waals surface area contributed by atoms with Crippen LogP contribution in [0.25, 0.3) is 6.08 Å². The zero-order valence-corrected chi connectivity index (χ0v) is 22.5. The van der Waals surface area contributed by atoms with E-state index >= 15 is 0 Å². The van der Waals surface area contributed by atoms with Crippen LogP contribution in [-0.4, -0.2) is 44.9 Å². The number of esters is 2. The van der Waals surface area contributed by atoms with E-state index in [4.69, 9.17) is 23.7 Å². The molecular formula is C27H26N2O8S. The van der Waals surface area contributed by atoms with Crippen LogP contribution in [0.5, 0.6) is 23.0 Å². The van der Waals surface area contributed by atoms with Gasteiger partial charge in [-0.1, -0.05) is 29.5 Å². The molecule has 10 nitrogen and oxygen atoms in total. The molecule has 0 saturated carbocycles. The van der Waals surface area contributed by atoms with Crippen molar-refractivity contribution in [2.75, 3.05) is 28.4 Å². The fraction of sp³-hybridized carbons (Fsp3) is 0.259. The fourth-order valence-electron chi connectivity index (χ4n) is 4.23. The van der Waals surface area contributed by atoms with Crippen LogP contribution in [0, 0.1) is 0 Å². The summed E-state index contributed by atoms with van der Waals surface area (Å²) < 4.78 is 28.4. The van der Waals surface area contributed by atoms with Gasteiger partial charge < -0.3 is 23.7 Å². The number of benzene rings is 2. The first-order valence-electron chi connectivity index (χ1n) is 11.4. The van der Waals surface area contributed by atoms with E-state index in [1.165, 1.54) is 39.9 Å². The van der Waals surface area contributed by atoms with Crippen molar-refractivity contribution in [1.29, 1.82) is 0 Å². The lowest BCUT2D eigenvalue weighted by Gasteiger charge is -2.25. The van der Waals surface area contributed by atoms with Crippen LogP contribution in [0.15, 0.2) is 57.5 Å². The van der Waals surface area contributed by atoms with Gasteiger partial charge in [-0.25, -0.2) is 9.79 Å². The lowest BCUT2D eigenvalue weighted by Crippen LogP contribution is -2.39. The van der Waals surface area contributed by atoms with E-state index in [2.05, 4.69) is 4.99 Å². The minimum atomic E-state index is -0.834. The average molecular weight is 539 g/mol. The maximum Gasteiger partial charge on any atom is 0.338 e. The maximum atomic E-state index is 13.8. The second-order valence-corrected chi connectivity index (χ2v) is 9.17. The molecule has 1 aliphatic rings. The number of fused-ring (bicyclic) bond motifs is 1. The third kappa shape index (κ3) is 4.80. The Morgan fingerprint density at radius 2 is 1.71 bits per heavy atom. The van der Waals surface area contributed by atoms with Crippen molar-refractivity contribution in [3.8, 4) is 23.0 Å². The van der Waals surface area contributed by atoms with Gasteiger partial charge in [0.25, 0.3) is 5.56 Å². The molecule has 1 aromatic heterocycles. The maximum absolute atomic E-state index is 13.8. The van der Waals surface area contributed by atoms with E-state index < -0.39 is 18.0 Å². The van der Waals surface area contributed by atoms with Crippen LogP contribution in [0.4, 0.5) is 0 Å². The summed E-state index contributed by atoms with van der Waals surface area (Å²) in [6.45, 7) is 2.97. The van der Waals surface area contributed by atoms with E-state index in [0.29, 0.717) is 43.4 Å². The van der Waals surface area contributed by atoms with Crippen molar-refractivity contribution in [2.45, 2.75) is 19.9 Å². The molecule has 0 amide bonds. The van der Waals surface area contributed by atoms with Crippen LogP contribution in [-0.2, 0) is 14.3 Å². The van der Waals surface area contributed by atoms with Gasteiger partial charge in [0.1, 0.15) is 0 Å². The highest BCUT2D eigenvalue weighted by Crippen LogP contribution is 2.36. The first-order valence-corrected chi connectivity index (χ1v) is 12.2. The molecule has 0 radical (unpaired) electrons. The zero-order valence-electron chi connectivity index (χ0n) is 21.7. The minimum Gasteiger partial charge on any atom is -0.493 e. The summed E-state index contributed by atoms with van der Waals surface area (Å²) in [7, 11) is 5.76. The van der Waals surface area contributed by atoms with E-state index in [9.17, 15) is 14.4 Å². The quantitative estimate of drug-likeness (QED) is 0.333. The number of allylic oxidation sites excluding steroid dienone is 1. The Morgan fingerprint density at radius 3 is 2.34 bits per heavy atom. The molecule has 2 heterocycles. The summed E-state index contributed by atoms with van der Waals surface area (Å²) in [5.41, 5.74) is 1.33. The van der Waals surface area contributed by atoms with Gasteiger partial charge in [0, 0.05) is 12.5 Å². The highest BCUT2D eigenvalue weighted by Gasteiger charge is 2.33. The number of nitrogens with zero attached hydrogens (tertiary/aromatic N) is 2. The number of carbonyl (C=O) groups is 2. The number of hydrogen-bond acceptors (Lipinski definition) is 10. The Bertz CT molecular complexity index is 1630. The highest BCUT2D eigenvalue weighted by molar-refractivity contribution is 7.07. The van der Waals surface area contributed by atoms with Crippen molar-refractivity contribution in [1.82, 2.24) is 4.57 Å². The van der Waals surface area contributed by atoms with Crippen molar-refractivity contribution >= 4 is 29.4 Å². The number of thiazole rings is 1. The molecule has 198 valence electrons. The van der Waals surface area contributed by atoms with Gasteiger partial charge in [-0.2, -0.15) is 0 Å². The zero-order chi connectivity index (χ0) is 27.6. The summed E-state index contributed by atoms with van der Waals surface area (Å²) in [6.07, 6.45) is 1.60. The van der Waals surface area contributed by atoms with Gasteiger partial charge in [-0.3, -0.25) is 14.2 Å². The third-order valence-electron chi connectivity index (χ3n) is 5.91. The molecule has 1 aliphatic heterocycles. The molecule has 2 aromatic carbocycles. The minimum absolute atomic E-state index is 0.191. The lowest BCUT2D eigenvalue weighted by atomic mass is 9.95. The van der Waals surface area contributed by atoms with E-state index in [1.807, 2.05) is 0 Å². The van der Waals surface area contributed by atoms with Gasteiger partial charge >= 0.3 is 11.9 Å². The Balaban J connectivity index is 1.99. The Hall–Kier alpha value is -4.38. The standard InChI is InChI=1S/C27H26N2O8S/c1-14-22(26(32)36-6)23(16-10-11-18(33-3)20(12-16)35-5)29-25(31)21(38-27(29)28-14)13-17-8-7-9-19(34-4)24(17)37-15(2)30/h7-13,23H,1-6H3. The number of para-hydroxylation sites is 1. The van der Waals surface area contributed by atoms with Crippen molar-refractivity contribution in [3.63, 3.8) is 0 Å². The smallest absolute Gasteiger partial charge is 0.338 e. The Kier molecular flexibility index (Phi) is 7.67. The van der Waals surface area contributed by atoms with Crippen LogP contribution in [0.2, 0.25) is 0 Å². The van der Waals surface area contributed by atoms with Gasteiger partial charge in [-0.05, 0) is 36.8 Å². The van der Waals surface area contributed by atoms with Crippen LogP contribution in [0.1, 0.15) is 31.0 Å². The first kappa shape index (κ1) is 26.7. The Morgan fingerprint density at radius 1 is 1.00 bits per heavy atom. The number of hydrogen-bond donors (Lipinski definition) is 0. The van der Waals surface area contributed by atoms with Gasteiger partial charge in [0.15, 0.2) is 27.8 Å². The molecule has 0 saturated heterocycles. The van der Waals surface area contributed by atoms with Crippen LogP contribution in [0.3, 0.4) is 0 Å². The summed E-state index contributed by atoms with van der Waals surface area (Å²) in [6, 6.07) is 9.42. The van der Waals surface area contributed by atoms with E-state index in [0.717, 1.165) is 11.3 Å². The van der Waals surface area contributed by atoms with Gasteiger partial charge in [0.2, 0.25) is 0 Å². The Labute approximate surface area is 222 Å². The fourth-order valence-corrected chi connectivity index (χ4v) is 5.27. The number of ether oxygens (including phenoxy) is 5. The number of rotatable bonds is 7. The first-order chi connectivity index (χ1) is 18.2. The molecule has 0 aliphatic carbocycles. The number of methoxy groups -OCH3 is 4. The molecule has 0 N–H and O–H groups in total. The van der Waals surface area contributed by atoms with Gasteiger partial charge in [-0.15, -0.1) is 0 Å². The summed E-state index contributed by atoms with van der Waals surface area (Å²) in [4.78, 5) is 43.4. The molecular weight excluding hydrogens is 512 g/mol. The van der Waals surface area contributed by atoms with Crippen molar-refractivity contribution < 1.29 is 33.3 Å². The number of carbonyl (C=O) groups excluding carboxylic acids is 2. The van der Waals surface area contributed by atoms with E-state index in [-0.39, 0.29) is 16.9 Å². The second kappa shape index (κ2) is 10.9. The number of aromatic nitrogens is 1. The van der Waals surface area contributed by atoms with Crippen molar-refractivity contribution in [2.24, 2.45) is 4.99 Å². The predicted molar refractivity (Wildman–Crippen MR) is 140 cm³/mol. The topological polar surface area (TPSA) is 115 Å². The van der Waals surface area contributed by atoms with E-state index in [1.54, 1.807) is 49.4 Å². The molecule has 1 atom stereocenters. The second-order valence-electron chi connectivity index (χ2n) is 8.16. The molecule has 0 fully saturated rings. The summed E-state index contributed by atoms with van der Waals surface area (Å²) in [5, 5.41) is 0. The van der Waals surface area contributed by atoms with Crippen LogP contribution < -0.4 is 33.8 Å². The lowest BCUT2D eigenvalue weighted by molar-refractivity contribution is -0.136. The molecule has 11 heteroatoms. The molecule has 3 aromatic rings. The predicted octanol–water partition coefficient (Wildman–Crippen LogP) is 2.36. The van der Waals surface area contributed by atoms with Gasteiger partial charge in [0.05, 0.1) is 50.3 Å². The highest BCUT2D eigenvalue weighted by atomic mass is 32.1. The molecule has 0 bridgehead atoms. The molecule has 1 unspecified atom stereocenters. The third-order valence-corrected chi connectivity index (χ3v) is 6.89. The summed E-state index contributed by atoms with van der Waals surface area (Å²) >= 11 is 1.14. The molecule has 0 spiro atoms.